The summed E-state index contributed by atoms with van der Waals surface area (Å²) in [5.41, 5.74) is 2.32. The number of likely N-dealkylation sites (tertiary alicyclic amines) is 1. The van der Waals surface area contributed by atoms with E-state index in [2.05, 4.69) is 35.2 Å². The summed E-state index contributed by atoms with van der Waals surface area (Å²) in [6.45, 7) is 6.07. The first-order chi connectivity index (χ1) is 10.3. The van der Waals surface area contributed by atoms with Crippen molar-refractivity contribution >= 4 is 5.71 Å². The molecule has 114 valence electrons. The van der Waals surface area contributed by atoms with Crippen molar-refractivity contribution in [3.8, 4) is 5.75 Å². The van der Waals surface area contributed by atoms with Crippen LogP contribution in [0.3, 0.4) is 0 Å². The highest BCUT2D eigenvalue weighted by Crippen LogP contribution is 2.34. The molecule has 1 saturated heterocycles. The molecule has 0 bridgehead atoms. The summed E-state index contributed by atoms with van der Waals surface area (Å²) in [6.07, 6.45) is 3.02. The first-order valence-corrected chi connectivity index (χ1v) is 7.96. The third-order valence-electron chi connectivity index (χ3n) is 4.82. The maximum Gasteiger partial charge on any atom is 0.122 e. The molecule has 2 atom stereocenters. The van der Waals surface area contributed by atoms with Crippen LogP contribution in [0.25, 0.3) is 0 Å². The highest BCUT2D eigenvalue weighted by molar-refractivity contribution is 5.87. The van der Waals surface area contributed by atoms with Crippen molar-refractivity contribution in [1.82, 2.24) is 4.90 Å². The normalized spacial score (nSPS) is 28.1. The minimum absolute atomic E-state index is 0.402. The molecule has 2 unspecified atom stereocenters. The molecule has 3 rings (SSSR count). The maximum atomic E-state index is 9.08. The standard InChI is InChI=1S/C17H24N2O2/c1-2-13-11-19(9-7-16(13)18-20)12-14-8-10-21-17-6-4-3-5-15(14)17/h3-6,13-14,20H,2,7-12H2,1H3/b18-16+. The van der Waals surface area contributed by atoms with Gasteiger partial charge in [0.2, 0.25) is 0 Å². The van der Waals surface area contributed by atoms with Gasteiger partial charge in [-0.3, -0.25) is 0 Å². The highest BCUT2D eigenvalue weighted by Gasteiger charge is 2.28. The topological polar surface area (TPSA) is 45.1 Å². The Morgan fingerprint density at radius 1 is 1.33 bits per heavy atom. The number of fused-ring (bicyclic) bond motifs is 1. The molecule has 0 aliphatic carbocycles. The van der Waals surface area contributed by atoms with Gasteiger partial charge in [-0.1, -0.05) is 30.3 Å². The third-order valence-corrected chi connectivity index (χ3v) is 4.82. The first kappa shape index (κ1) is 14.4. The minimum atomic E-state index is 0.402. The van der Waals surface area contributed by atoms with E-state index in [0.717, 1.165) is 57.0 Å². The number of nitrogens with zero attached hydrogens (tertiary/aromatic N) is 2. The Morgan fingerprint density at radius 2 is 2.19 bits per heavy atom. The van der Waals surface area contributed by atoms with E-state index in [1.165, 1.54) is 5.56 Å². The fraction of sp³-hybridized carbons (Fsp3) is 0.588. The van der Waals surface area contributed by atoms with E-state index in [4.69, 9.17) is 9.94 Å². The summed E-state index contributed by atoms with van der Waals surface area (Å²) in [7, 11) is 0. The first-order valence-electron chi connectivity index (χ1n) is 7.96. The molecule has 1 fully saturated rings. The number of piperidine rings is 1. The zero-order valence-corrected chi connectivity index (χ0v) is 12.7. The van der Waals surface area contributed by atoms with E-state index >= 15 is 0 Å². The van der Waals surface area contributed by atoms with Crippen LogP contribution in [-0.4, -0.2) is 42.1 Å². The lowest BCUT2D eigenvalue weighted by atomic mass is 9.89. The van der Waals surface area contributed by atoms with Crippen LogP contribution in [0.1, 0.15) is 37.7 Å². The lowest BCUT2D eigenvalue weighted by molar-refractivity contribution is 0.189. The molecule has 4 heteroatoms. The molecule has 0 spiro atoms. The van der Waals surface area contributed by atoms with Crippen LogP contribution >= 0.6 is 0 Å². The van der Waals surface area contributed by atoms with Crippen molar-refractivity contribution in [3.05, 3.63) is 29.8 Å². The molecule has 0 aromatic heterocycles. The van der Waals surface area contributed by atoms with E-state index in [1.807, 2.05) is 6.07 Å². The van der Waals surface area contributed by atoms with Gasteiger partial charge in [-0.15, -0.1) is 0 Å². The number of ether oxygens (including phenoxy) is 1. The van der Waals surface area contributed by atoms with Gasteiger partial charge in [0.05, 0.1) is 12.3 Å². The van der Waals surface area contributed by atoms with Gasteiger partial charge >= 0.3 is 0 Å². The van der Waals surface area contributed by atoms with Crippen LogP contribution in [0.2, 0.25) is 0 Å². The Kier molecular flexibility index (Phi) is 4.44. The second-order valence-corrected chi connectivity index (χ2v) is 6.08. The molecular weight excluding hydrogens is 264 g/mol. The smallest absolute Gasteiger partial charge is 0.122 e. The molecule has 1 aromatic rings. The maximum absolute atomic E-state index is 9.08. The second-order valence-electron chi connectivity index (χ2n) is 6.08. The highest BCUT2D eigenvalue weighted by atomic mass is 16.5. The van der Waals surface area contributed by atoms with Gasteiger partial charge in [-0.2, -0.15) is 0 Å². The average Bonchev–Trinajstić information content (AvgIpc) is 2.55. The summed E-state index contributed by atoms with van der Waals surface area (Å²) in [4.78, 5) is 2.52. The molecule has 1 aromatic carbocycles. The molecule has 0 saturated carbocycles. The lowest BCUT2D eigenvalue weighted by Crippen LogP contribution is -2.43. The van der Waals surface area contributed by atoms with Crippen LogP contribution in [0, 0.1) is 5.92 Å². The van der Waals surface area contributed by atoms with Crippen molar-refractivity contribution in [2.45, 2.75) is 32.1 Å². The lowest BCUT2D eigenvalue weighted by Gasteiger charge is -2.36. The van der Waals surface area contributed by atoms with Crippen LogP contribution < -0.4 is 4.74 Å². The Morgan fingerprint density at radius 3 is 3.00 bits per heavy atom. The number of oxime groups is 1. The molecule has 0 radical (unpaired) electrons. The minimum Gasteiger partial charge on any atom is -0.493 e. The van der Waals surface area contributed by atoms with Crippen LogP contribution in [-0.2, 0) is 0 Å². The molecule has 2 aliphatic heterocycles. The van der Waals surface area contributed by atoms with Crippen molar-refractivity contribution in [2.24, 2.45) is 11.1 Å². The molecule has 2 aliphatic rings. The fourth-order valence-corrected chi connectivity index (χ4v) is 3.56. The molecular formula is C17H24N2O2. The number of benzene rings is 1. The Hall–Kier alpha value is -1.55. The number of para-hydroxylation sites is 1. The SMILES string of the molecule is CCC1CN(CC2CCOc3ccccc32)CC/C1=N\O. The molecule has 21 heavy (non-hydrogen) atoms. The molecule has 1 N–H and O–H groups in total. The van der Waals surface area contributed by atoms with Gasteiger partial charge in [0, 0.05) is 37.9 Å². The van der Waals surface area contributed by atoms with Crippen LogP contribution in [0.15, 0.2) is 29.4 Å². The van der Waals surface area contributed by atoms with E-state index < -0.39 is 0 Å². The van der Waals surface area contributed by atoms with Gasteiger partial charge in [0.15, 0.2) is 0 Å². The van der Waals surface area contributed by atoms with Crippen LogP contribution in [0.4, 0.5) is 0 Å². The van der Waals surface area contributed by atoms with Crippen molar-refractivity contribution in [1.29, 1.82) is 0 Å². The van der Waals surface area contributed by atoms with Gasteiger partial charge in [-0.25, -0.2) is 0 Å². The van der Waals surface area contributed by atoms with Gasteiger partial charge < -0.3 is 14.8 Å². The van der Waals surface area contributed by atoms with Crippen molar-refractivity contribution in [2.75, 3.05) is 26.2 Å². The zero-order valence-electron chi connectivity index (χ0n) is 12.7. The van der Waals surface area contributed by atoms with Gasteiger partial charge in [0.25, 0.3) is 0 Å². The Labute approximate surface area is 126 Å². The van der Waals surface area contributed by atoms with E-state index in [9.17, 15) is 0 Å². The molecule has 0 amide bonds. The van der Waals surface area contributed by atoms with Crippen molar-refractivity contribution in [3.63, 3.8) is 0 Å². The third kappa shape index (κ3) is 3.05. The van der Waals surface area contributed by atoms with Crippen LogP contribution in [0.5, 0.6) is 5.75 Å². The van der Waals surface area contributed by atoms with Crippen molar-refractivity contribution < 1.29 is 9.94 Å². The summed E-state index contributed by atoms with van der Waals surface area (Å²) < 4.78 is 5.75. The summed E-state index contributed by atoms with van der Waals surface area (Å²) in [5.74, 6) is 2.01. The summed E-state index contributed by atoms with van der Waals surface area (Å²) >= 11 is 0. The zero-order chi connectivity index (χ0) is 14.7. The van der Waals surface area contributed by atoms with E-state index in [-0.39, 0.29) is 0 Å². The van der Waals surface area contributed by atoms with E-state index in [0.29, 0.717) is 11.8 Å². The predicted molar refractivity (Wildman–Crippen MR) is 83.4 cm³/mol. The Balaban J connectivity index is 1.68. The largest absolute Gasteiger partial charge is 0.493 e. The monoisotopic (exact) mass is 288 g/mol. The number of rotatable bonds is 3. The Bertz CT molecular complexity index is 515. The summed E-state index contributed by atoms with van der Waals surface area (Å²) in [6, 6.07) is 8.41. The summed E-state index contributed by atoms with van der Waals surface area (Å²) in [5, 5.41) is 12.6. The predicted octanol–water partition coefficient (Wildman–Crippen LogP) is 3.11. The van der Waals surface area contributed by atoms with Gasteiger partial charge in [0.1, 0.15) is 5.75 Å². The van der Waals surface area contributed by atoms with E-state index in [1.54, 1.807) is 0 Å². The molecule has 2 heterocycles. The van der Waals surface area contributed by atoms with Gasteiger partial charge in [-0.05, 0) is 24.5 Å². The number of hydrogen-bond donors (Lipinski definition) is 1. The number of hydrogen-bond acceptors (Lipinski definition) is 4. The average molecular weight is 288 g/mol. The quantitative estimate of drug-likeness (QED) is 0.686. The second kappa shape index (κ2) is 6.48. The molecule has 4 nitrogen and oxygen atoms in total. The fourth-order valence-electron chi connectivity index (χ4n) is 3.56.